The molecule has 0 saturated heterocycles. The van der Waals surface area contributed by atoms with E-state index in [4.69, 9.17) is 0 Å². The molecule has 7 heteroatoms. The van der Waals surface area contributed by atoms with E-state index >= 15 is 0 Å². The lowest BCUT2D eigenvalue weighted by Gasteiger charge is -2.10. The molecule has 21 heavy (non-hydrogen) atoms. The summed E-state index contributed by atoms with van der Waals surface area (Å²) in [5.74, 6) is -0.403. The van der Waals surface area contributed by atoms with E-state index in [1.807, 2.05) is 6.07 Å². The zero-order chi connectivity index (χ0) is 14.7. The van der Waals surface area contributed by atoms with Crippen molar-refractivity contribution in [2.24, 2.45) is 0 Å². The normalized spacial score (nSPS) is 10.3. The van der Waals surface area contributed by atoms with Crippen molar-refractivity contribution in [2.45, 2.75) is 0 Å². The van der Waals surface area contributed by atoms with Crippen LogP contribution in [0.2, 0.25) is 0 Å². The van der Waals surface area contributed by atoms with Crippen LogP contribution in [-0.2, 0) is 0 Å². The number of hydrogen-bond acceptors (Lipinski definition) is 4. The highest BCUT2D eigenvalue weighted by Crippen LogP contribution is 2.19. The van der Waals surface area contributed by atoms with E-state index in [0.29, 0.717) is 11.4 Å². The van der Waals surface area contributed by atoms with Crippen molar-refractivity contribution in [1.29, 1.82) is 0 Å². The van der Waals surface area contributed by atoms with Crippen LogP contribution in [0.15, 0.2) is 59.7 Å². The van der Waals surface area contributed by atoms with Crippen LogP contribution in [0.3, 0.4) is 0 Å². The summed E-state index contributed by atoms with van der Waals surface area (Å²) in [6.07, 6.45) is 3.22. The predicted molar refractivity (Wildman–Crippen MR) is 76.4 cm³/mol. The fourth-order valence-electron chi connectivity index (χ4n) is 1.89. The van der Waals surface area contributed by atoms with E-state index in [1.54, 1.807) is 35.3 Å². The van der Waals surface area contributed by atoms with Crippen molar-refractivity contribution in [2.75, 3.05) is 5.32 Å². The van der Waals surface area contributed by atoms with E-state index in [2.05, 4.69) is 20.6 Å². The van der Waals surface area contributed by atoms with Crippen LogP contribution in [0.4, 0.5) is 5.69 Å². The third-order valence-electron chi connectivity index (χ3n) is 2.83. The Morgan fingerprint density at radius 2 is 2.00 bits per heavy atom. The number of aromatic amines is 1. The number of para-hydroxylation sites is 2. The van der Waals surface area contributed by atoms with Crippen LogP contribution < -0.4 is 10.9 Å². The zero-order valence-corrected chi connectivity index (χ0v) is 10.9. The number of anilines is 1. The average Bonchev–Trinajstić information content (AvgIpc) is 3.02. The van der Waals surface area contributed by atoms with Gasteiger partial charge in [0.1, 0.15) is 5.69 Å². The molecule has 0 unspecified atom stereocenters. The first kappa shape index (κ1) is 12.8. The average molecular weight is 281 g/mol. The molecule has 0 atom stereocenters. The molecule has 3 rings (SSSR count). The van der Waals surface area contributed by atoms with Gasteiger partial charge in [0.2, 0.25) is 5.56 Å². The van der Waals surface area contributed by atoms with Gasteiger partial charge in [-0.05, 0) is 18.2 Å². The number of nitrogens with zero attached hydrogens (tertiary/aromatic N) is 3. The van der Waals surface area contributed by atoms with Crippen molar-refractivity contribution in [3.8, 4) is 5.69 Å². The maximum absolute atomic E-state index is 12.2. The quantitative estimate of drug-likeness (QED) is 0.754. The number of carbonyl (C=O) groups is 1. The third-order valence-corrected chi connectivity index (χ3v) is 2.83. The number of hydrogen-bond donors (Lipinski definition) is 2. The number of nitrogens with one attached hydrogen (secondary N) is 2. The Bertz CT molecular complexity index is 823. The summed E-state index contributed by atoms with van der Waals surface area (Å²) in [5, 5.41) is 10.4. The molecule has 2 heterocycles. The number of amides is 1. The molecule has 0 saturated carbocycles. The molecule has 0 bridgehead atoms. The minimum atomic E-state index is -0.403. The summed E-state index contributed by atoms with van der Waals surface area (Å²) < 4.78 is 1.54. The Kier molecular flexibility index (Phi) is 3.30. The van der Waals surface area contributed by atoms with Gasteiger partial charge in [-0.15, -0.1) is 5.10 Å². The predicted octanol–water partition coefficient (Wildman–Crippen LogP) is 1.21. The zero-order valence-electron chi connectivity index (χ0n) is 10.9. The van der Waals surface area contributed by atoms with Gasteiger partial charge in [0.05, 0.1) is 23.8 Å². The summed E-state index contributed by atoms with van der Waals surface area (Å²) >= 11 is 0. The first-order valence-electron chi connectivity index (χ1n) is 6.20. The van der Waals surface area contributed by atoms with Gasteiger partial charge in [-0.1, -0.05) is 23.4 Å². The maximum Gasteiger partial charge on any atom is 0.272 e. The molecule has 0 radical (unpaired) electrons. The van der Waals surface area contributed by atoms with E-state index < -0.39 is 5.91 Å². The van der Waals surface area contributed by atoms with Crippen molar-refractivity contribution in [3.63, 3.8) is 0 Å². The highest BCUT2D eigenvalue weighted by Gasteiger charge is 2.10. The van der Waals surface area contributed by atoms with E-state index in [-0.39, 0.29) is 11.3 Å². The maximum atomic E-state index is 12.2. The molecule has 2 N–H and O–H groups in total. The van der Waals surface area contributed by atoms with Crippen LogP contribution in [0.5, 0.6) is 0 Å². The number of benzene rings is 1. The largest absolute Gasteiger partial charge is 0.319 e. The molecule has 1 aromatic carbocycles. The summed E-state index contributed by atoms with van der Waals surface area (Å²) in [4.78, 5) is 25.9. The van der Waals surface area contributed by atoms with Gasteiger partial charge < -0.3 is 10.3 Å². The molecule has 3 aromatic rings. The smallest absolute Gasteiger partial charge is 0.272 e. The fraction of sp³-hybridized carbons (Fsp3) is 0. The highest BCUT2D eigenvalue weighted by atomic mass is 16.2. The topological polar surface area (TPSA) is 92.7 Å². The second-order valence-electron chi connectivity index (χ2n) is 4.25. The van der Waals surface area contributed by atoms with Gasteiger partial charge in [-0.2, -0.15) is 0 Å². The molecule has 0 aliphatic carbocycles. The monoisotopic (exact) mass is 281 g/mol. The van der Waals surface area contributed by atoms with Crippen molar-refractivity contribution in [1.82, 2.24) is 20.0 Å². The number of aromatic nitrogens is 4. The molecule has 1 amide bonds. The lowest BCUT2D eigenvalue weighted by Crippen LogP contribution is -2.18. The minimum Gasteiger partial charge on any atom is -0.319 e. The molecule has 7 nitrogen and oxygen atoms in total. The summed E-state index contributed by atoms with van der Waals surface area (Å²) in [5.41, 5.74) is 1.11. The van der Waals surface area contributed by atoms with Crippen LogP contribution in [0.25, 0.3) is 5.69 Å². The lowest BCUT2D eigenvalue weighted by atomic mass is 10.2. The first-order valence-corrected chi connectivity index (χ1v) is 6.20. The van der Waals surface area contributed by atoms with Crippen LogP contribution in [0.1, 0.15) is 10.5 Å². The molecule has 0 aliphatic heterocycles. The third kappa shape index (κ3) is 2.71. The molecule has 2 aromatic heterocycles. The summed E-state index contributed by atoms with van der Waals surface area (Å²) in [7, 11) is 0. The number of rotatable bonds is 3. The van der Waals surface area contributed by atoms with Crippen LogP contribution in [0, 0.1) is 0 Å². The van der Waals surface area contributed by atoms with Crippen molar-refractivity contribution in [3.05, 3.63) is 70.9 Å². The van der Waals surface area contributed by atoms with Gasteiger partial charge >= 0.3 is 0 Å². The van der Waals surface area contributed by atoms with Crippen LogP contribution >= 0.6 is 0 Å². The SMILES string of the molecule is O=C(Nc1ccccc1-n1ccnn1)c1cccc(=O)[nH]1. The van der Waals surface area contributed by atoms with Gasteiger partial charge in [-0.3, -0.25) is 9.59 Å². The van der Waals surface area contributed by atoms with E-state index in [0.717, 1.165) is 0 Å². The molecule has 0 fully saturated rings. The van der Waals surface area contributed by atoms with Gasteiger partial charge in [0.15, 0.2) is 0 Å². The number of pyridine rings is 1. The molecule has 0 aliphatic rings. The summed E-state index contributed by atoms with van der Waals surface area (Å²) in [6, 6.07) is 11.6. The Morgan fingerprint density at radius 3 is 2.76 bits per heavy atom. The van der Waals surface area contributed by atoms with Gasteiger partial charge in [0.25, 0.3) is 5.91 Å². The second kappa shape index (κ2) is 5.41. The Morgan fingerprint density at radius 1 is 1.14 bits per heavy atom. The lowest BCUT2D eigenvalue weighted by molar-refractivity contribution is 0.102. The molecule has 104 valence electrons. The standard InChI is InChI=1S/C14H11N5O2/c20-13-7-3-5-11(16-13)14(21)17-10-4-1-2-6-12(10)19-9-8-15-18-19/h1-9H,(H,16,20)(H,17,21). The number of H-pyrrole nitrogens is 1. The molecule has 0 spiro atoms. The van der Waals surface area contributed by atoms with Gasteiger partial charge in [-0.25, -0.2) is 4.68 Å². The van der Waals surface area contributed by atoms with Crippen LogP contribution in [-0.4, -0.2) is 25.9 Å². The fourth-order valence-corrected chi connectivity index (χ4v) is 1.89. The molecular weight excluding hydrogens is 270 g/mol. The first-order chi connectivity index (χ1) is 10.2. The van der Waals surface area contributed by atoms with E-state index in [1.165, 1.54) is 18.2 Å². The van der Waals surface area contributed by atoms with E-state index in [9.17, 15) is 9.59 Å². The highest BCUT2D eigenvalue weighted by molar-refractivity contribution is 6.03. The summed E-state index contributed by atoms with van der Waals surface area (Å²) in [6.45, 7) is 0. The Hall–Kier alpha value is -3.22. The minimum absolute atomic E-state index is 0.191. The Balaban J connectivity index is 1.92. The van der Waals surface area contributed by atoms with Gasteiger partial charge in [0, 0.05) is 6.07 Å². The Labute approximate surface area is 119 Å². The second-order valence-corrected chi connectivity index (χ2v) is 4.25. The molecular formula is C14H11N5O2. The number of carbonyl (C=O) groups excluding carboxylic acids is 1. The van der Waals surface area contributed by atoms with Crippen molar-refractivity contribution >= 4 is 11.6 Å². The van der Waals surface area contributed by atoms with Crippen molar-refractivity contribution < 1.29 is 4.79 Å².